The van der Waals surface area contributed by atoms with E-state index < -0.39 is 0 Å². The Morgan fingerprint density at radius 3 is 2.08 bits per heavy atom. The van der Waals surface area contributed by atoms with E-state index in [-0.39, 0.29) is 5.78 Å². The standard InChI is InChI=1S/C21H26N2O/c1-5-22(6-2)16-10-9-15-11-20-19(18(15)12-16)13-17(14-21(20)24)23(7-3)8-4/h9-14H,5-8H2,1-4H3. The summed E-state index contributed by atoms with van der Waals surface area (Å²) in [7, 11) is 0. The topological polar surface area (TPSA) is 23.6 Å². The molecule has 0 fully saturated rings. The molecule has 0 bridgehead atoms. The number of anilines is 1. The van der Waals surface area contributed by atoms with Gasteiger partial charge in [0.2, 0.25) is 0 Å². The second-order valence-corrected chi connectivity index (χ2v) is 6.17. The molecule has 0 saturated heterocycles. The van der Waals surface area contributed by atoms with Crippen molar-refractivity contribution in [3.05, 3.63) is 52.7 Å². The molecule has 24 heavy (non-hydrogen) atoms. The van der Waals surface area contributed by atoms with Gasteiger partial charge in [0.05, 0.1) is 0 Å². The molecule has 126 valence electrons. The number of carbonyl (C=O) groups is 1. The van der Waals surface area contributed by atoms with Crippen LogP contribution in [0.5, 0.6) is 0 Å². The molecule has 1 aromatic carbocycles. The van der Waals surface area contributed by atoms with E-state index in [1.165, 1.54) is 11.3 Å². The Kier molecular flexibility index (Phi) is 4.61. The number of benzene rings is 1. The van der Waals surface area contributed by atoms with Crippen LogP contribution in [0.15, 0.2) is 41.6 Å². The van der Waals surface area contributed by atoms with Crippen LogP contribution in [0, 0.1) is 0 Å². The maximum absolute atomic E-state index is 12.6. The molecule has 3 rings (SSSR count). The van der Waals surface area contributed by atoms with Gasteiger partial charge in [0.25, 0.3) is 0 Å². The Balaban J connectivity index is 2.05. The first-order valence-corrected chi connectivity index (χ1v) is 8.96. The molecule has 2 aliphatic carbocycles. The smallest absolute Gasteiger partial charge is 0.188 e. The molecule has 2 aliphatic rings. The van der Waals surface area contributed by atoms with Crippen LogP contribution >= 0.6 is 0 Å². The Morgan fingerprint density at radius 1 is 0.792 bits per heavy atom. The zero-order chi connectivity index (χ0) is 17.3. The van der Waals surface area contributed by atoms with Crippen molar-refractivity contribution in [1.29, 1.82) is 0 Å². The van der Waals surface area contributed by atoms with Crippen LogP contribution < -0.4 is 4.90 Å². The lowest BCUT2D eigenvalue weighted by Crippen LogP contribution is -2.24. The van der Waals surface area contributed by atoms with Gasteiger partial charge in [0, 0.05) is 49.2 Å². The minimum atomic E-state index is 0.120. The average molecular weight is 322 g/mol. The van der Waals surface area contributed by atoms with Crippen molar-refractivity contribution in [2.75, 3.05) is 31.1 Å². The lowest BCUT2D eigenvalue weighted by Gasteiger charge is -2.26. The molecule has 0 amide bonds. The Hall–Kier alpha value is -2.29. The van der Waals surface area contributed by atoms with Gasteiger partial charge < -0.3 is 9.80 Å². The number of nitrogens with zero attached hydrogens (tertiary/aromatic N) is 2. The van der Waals surface area contributed by atoms with Crippen molar-refractivity contribution in [2.45, 2.75) is 27.7 Å². The number of fused-ring (bicyclic) bond motifs is 3. The molecule has 1 aromatic rings. The van der Waals surface area contributed by atoms with Gasteiger partial charge >= 0.3 is 0 Å². The number of rotatable bonds is 6. The lowest BCUT2D eigenvalue weighted by atomic mass is 9.94. The third-order valence-electron chi connectivity index (χ3n) is 5.01. The fraction of sp³-hybridized carbons (Fsp3) is 0.381. The second-order valence-electron chi connectivity index (χ2n) is 6.17. The summed E-state index contributed by atoms with van der Waals surface area (Å²) < 4.78 is 0. The molecule has 0 saturated carbocycles. The molecule has 0 aromatic heterocycles. The highest BCUT2D eigenvalue weighted by molar-refractivity contribution is 6.24. The Labute approximate surface area is 145 Å². The zero-order valence-corrected chi connectivity index (χ0v) is 15.1. The fourth-order valence-electron chi connectivity index (χ4n) is 3.60. The van der Waals surface area contributed by atoms with Gasteiger partial charge in [-0.2, -0.15) is 0 Å². The van der Waals surface area contributed by atoms with Crippen LogP contribution in [0.1, 0.15) is 38.8 Å². The van der Waals surface area contributed by atoms with E-state index in [9.17, 15) is 4.79 Å². The van der Waals surface area contributed by atoms with Crippen molar-refractivity contribution in [1.82, 2.24) is 4.90 Å². The van der Waals surface area contributed by atoms with Gasteiger partial charge in [-0.05, 0) is 68.7 Å². The maximum Gasteiger partial charge on any atom is 0.188 e. The highest BCUT2D eigenvalue weighted by Crippen LogP contribution is 2.41. The van der Waals surface area contributed by atoms with E-state index in [4.69, 9.17) is 0 Å². The molecule has 0 unspecified atom stereocenters. The first kappa shape index (κ1) is 16.6. The van der Waals surface area contributed by atoms with Gasteiger partial charge in [-0.3, -0.25) is 4.79 Å². The number of ketones is 1. The number of allylic oxidation sites excluding steroid dienone is 4. The Morgan fingerprint density at radius 2 is 1.46 bits per heavy atom. The predicted molar refractivity (Wildman–Crippen MR) is 102 cm³/mol. The van der Waals surface area contributed by atoms with E-state index in [1.807, 2.05) is 6.08 Å². The SMILES string of the molecule is CCN(CC)C1=CC(=O)C2=Cc3ccc(N(CC)CC)cc3C2=C1. The maximum atomic E-state index is 12.6. The van der Waals surface area contributed by atoms with E-state index in [1.54, 1.807) is 6.08 Å². The van der Waals surface area contributed by atoms with Gasteiger partial charge in [0.1, 0.15) is 0 Å². The molecule has 0 radical (unpaired) electrons. The molecular weight excluding hydrogens is 296 g/mol. The molecule has 0 atom stereocenters. The molecule has 0 aliphatic heterocycles. The van der Waals surface area contributed by atoms with Gasteiger partial charge in [-0.1, -0.05) is 6.07 Å². The third-order valence-corrected chi connectivity index (χ3v) is 5.01. The van der Waals surface area contributed by atoms with E-state index in [0.717, 1.165) is 48.6 Å². The van der Waals surface area contributed by atoms with Gasteiger partial charge in [-0.15, -0.1) is 0 Å². The molecule has 3 nitrogen and oxygen atoms in total. The number of carbonyl (C=O) groups excluding carboxylic acids is 1. The predicted octanol–water partition coefficient (Wildman–Crippen LogP) is 4.12. The summed E-state index contributed by atoms with van der Waals surface area (Å²) in [6, 6.07) is 6.53. The first-order chi connectivity index (χ1) is 11.6. The molecule has 0 heterocycles. The zero-order valence-electron chi connectivity index (χ0n) is 15.1. The minimum absolute atomic E-state index is 0.120. The fourth-order valence-corrected chi connectivity index (χ4v) is 3.60. The number of hydrogen-bond donors (Lipinski definition) is 0. The van der Waals surface area contributed by atoms with Gasteiger partial charge in [-0.25, -0.2) is 0 Å². The summed E-state index contributed by atoms with van der Waals surface area (Å²) in [4.78, 5) is 17.2. The van der Waals surface area contributed by atoms with E-state index in [2.05, 4.69) is 61.8 Å². The van der Waals surface area contributed by atoms with Crippen LogP contribution in [-0.4, -0.2) is 36.9 Å². The summed E-state index contributed by atoms with van der Waals surface area (Å²) in [5.74, 6) is 0.120. The summed E-state index contributed by atoms with van der Waals surface area (Å²) in [6.45, 7) is 12.4. The summed E-state index contributed by atoms with van der Waals surface area (Å²) >= 11 is 0. The first-order valence-electron chi connectivity index (χ1n) is 8.96. The minimum Gasteiger partial charge on any atom is -0.372 e. The van der Waals surface area contributed by atoms with Crippen molar-refractivity contribution in [2.24, 2.45) is 0 Å². The normalized spacial score (nSPS) is 15.3. The molecular formula is C21H26N2O. The van der Waals surface area contributed by atoms with Crippen LogP contribution in [0.25, 0.3) is 11.6 Å². The lowest BCUT2D eigenvalue weighted by molar-refractivity contribution is -0.111. The summed E-state index contributed by atoms with van der Waals surface area (Å²) in [5.41, 5.74) is 6.49. The van der Waals surface area contributed by atoms with Crippen LogP contribution in [0.2, 0.25) is 0 Å². The largest absolute Gasteiger partial charge is 0.372 e. The summed E-state index contributed by atoms with van der Waals surface area (Å²) in [6.07, 6.45) is 5.99. The quantitative estimate of drug-likeness (QED) is 0.787. The van der Waals surface area contributed by atoms with Crippen LogP contribution in [0.4, 0.5) is 5.69 Å². The summed E-state index contributed by atoms with van der Waals surface area (Å²) in [5, 5.41) is 0. The average Bonchev–Trinajstić information content (AvgIpc) is 2.96. The monoisotopic (exact) mass is 322 g/mol. The van der Waals surface area contributed by atoms with Crippen molar-refractivity contribution >= 4 is 23.1 Å². The van der Waals surface area contributed by atoms with Crippen LogP contribution in [-0.2, 0) is 4.79 Å². The molecule has 0 spiro atoms. The number of hydrogen-bond acceptors (Lipinski definition) is 3. The van der Waals surface area contributed by atoms with Gasteiger partial charge in [0.15, 0.2) is 5.78 Å². The van der Waals surface area contributed by atoms with Crippen molar-refractivity contribution in [3.8, 4) is 0 Å². The van der Waals surface area contributed by atoms with E-state index in [0.29, 0.717) is 0 Å². The Bertz CT molecular complexity index is 747. The van der Waals surface area contributed by atoms with E-state index >= 15 is 0 Å². The number of likely N-dealkylation sites (N-methyl/N-ethyl adjacent to an activating group) is 1. The second kappa shape index (κ2) is 6.68. The third kappa shape index (κ3) is 2.68. The highest BCUT2D eigenvalue weighted by Gasteiger charge is 2.28. The molecule has 0 N–H and O–H groups in total. The van der Waals surface area contributed by atoms with Crippen LogP contribution in [0.3, 0.4) is 0 Å². The van der Waals surface area contributed by atoms with Crippen molar-refractivity contribution < 1.29 is 4.79 Å². The van der Waals surface area contributed by atoms with Crippen molar-refractivity contribution in [3.63, 3.8) is 0 Å². The highest BCUT2D eigenvalue weighted by atomic mass is 16.1. The molecule has 3 heteroatoms.